The summed E-state index contributed by atoms with van der Waals surface area (Å²) in [4.78, 5) is 0. The Hall–Kier alpha value is -1.03. The number of aryl methyl sites for hydroxylation is 2. The second-order valence-electron chi connectivity index (χ2n) is 4.62. The number of sulfone groups is 1. The number of hydrogen-bond acceptors (Lipinski definition) is 3. The van der Waals surface area contributed by atoms with E-state index in [0.29, 0.717) is 0 Å². The van der Waals surface area contributed by atoms with Crippen molar-refractivity contribution in [2.24, 2.45) is 0 Å². The monoisotopic (exact) mass is 255 g/mol. The van der Waals surface area contributed by atoms with E-state index in [1.807, 2.05) is 32.9 Å². The van der Waals surface area contributed by atoms with Crippen LogP contribution in [0.4, 0.5) is 5.69 Å². The Balaban J connectivity index is 2.71. The molecule has 1 N–H and O–H groups in total. The number of anilines is 1. The highest BCUT2D eigenvalue weighted by Crippen LogP contribution is 2.15. The third kappa shape index (κ3) is 4.77. The fourth-order valence-electron chi connectivity index (χ4n) is 1.88. The molecule has 1 atom stereocenters. The van der Waals surface area contributed by atoms with Gasteiger partial charge in [-0.3, -0.25) is 0 Å². The van der Waals surface area contributed by atoms with Gasteiger partial charge in [-0.15, -0.1) is 0 Å². The van der Waals surface area contributed by atoms with Crippen LogP contribution in [0.1, 0.15) is 25.0 Å². The highest BCUT2D eigenvalue weighted by molar-refractivity contribution is 7.91. The average Bonchev–Trinajstić information content (AvgIpc) is 2.14. The minimum atomic E-state index is -2.92. The maximum absolute atomic E-state index is 11.5. The Morgan fingerprint density at radius 2 is 1.71 bits per heavy atom. The van der Waals surface area contributed by atoms with Crippen molar-refractivity contribution in [3.8, 4) is 0 Å². The summed E-state index contributed by atoms with van der Waals surface area (Å²) in [6.07, 6.45) is 0. The Morgan fingerprint density at radius 1 is 1.18 bits per heavy atom. The maximum atomic E-state index is 11.5. The van der Waals surface area contributed by atoms with Crippen molar-refractivity contribution in [3.63, 3.8) is 0 Å². The molecule has 0 saturated heterocycles. The summed E-state index contributed by atoms with van der Waals surface area (Å²) in [7, 11) is -2.92. The van der Waals surface area contributed by atoms with Crippen molar-refractivity contribution < 1.29 is 8.42 Å². The highest BCUT2D eigenvalue weighted by Gasteiger charge is 2.13. The molecule has 0 aliphatic carbocycles. The average molecular weight is 255 g/mol. The molecule has 0 heterocycles. The third-order valence-corrected chi connectivity index (χ3v) is 4.47. The van der Waals surface area contributed by atoms with Gasteiger partial charge in [0.05, 0.1) is 5.75 Å². The third-order valence-electron chi connectivity index (χ3n) is 2.58. The highest BCUT2D eigenvalue weighted by atomic mass is 32.2. The van der Waals surface area contributed by atoms with Gasteiger partial charge in [0.1, 0.15) is 0 Å². The first-order valence-electron chi connectivity index (χ1n) is 5.87. The lowest BCUT2D eigenvalue weighted by Gasteiger charge is -2.16. The summed E-state index contributed by atoms with van der Waals surface area (Å²) in [6, 6.07) is 6.09. The smallest absolute Gasteiger partial charge is 0.152 e. The molecule has 0 radical (unpaired) electrons. The first kappa shape index (κ1) is 14.0. The summed E-state index contributed by atoms with van der Waals surface area (Å²) in [5.41, 5.74) is 3.34. The summed E-state index contributed by atoms with van der Waals surface area (Å²) in [5.74, 6) is 0.377. The number of nitrogens with one attached hydrogen (secondary N) is 1. The van der Waals surface area contributed by atoms with E-state index in [-0.39, 0.29) is 17.5 Å². The van der Waals surface area contributed by atoms with Crippen molar-refractivity contribution in [3.05, 3.63) is 29.3 Å². The van der Waals surface area contributed by atoms with Crippen LogP contribution >= 0.6 is 0 Å². The van der Waals surface area contributed by atoms with Crippen LogP contribution in [0.2, 0.25) is 0 Å². The molecule has 0 fully saturated rings. The summed E-state index contributed by atoms with van der Waals surface area (Å²) in [6.45, 7) is 7.64. The zero-order valence-corrected chi connectivity index (χ0v) is 11.8. The molecule has 0 aromatic heterocycles. The number of rotatable bonds is 5. The zero-order chi connectivity index (χ0) is 13.1. The molecule has 1 aromatic carbocycles. The van der Waals surface area contributed by atoms with E-state index >= 15 is 0 Å². The Bertz CT molecular complexity index is 460. The molecule has 0 aliphatic heterocycles. The standard InChI is InChI=1S/C13H21NO2S/c1-5-17(15,16)9-12(4)14-13-7-10(2)6-11(3)8-13/h6-8,12,14H,5,9H2,1-4H3. The number of hydrogen-bond donors (Lipinski definition) is 1. The van der Waals surface area contributed by atoms with Crippen LogP contribution in [0.15, 0.2) is 18.2 Å². The van der Waals surface area contributed by atoms with E-state index < -0.39 is 9.84 Å². The van der Waals surface area contributed by atoms with Crippen LogP contribution in [0.3, 0.4) is 0 Å². The van der Waals surface area contributed by atoms with Crippen molar-refractivity contribution in [1.29, 1.82) is 0 Å². The van der Waals surface area contributed by atoms with Gasteiger partial charge in [-0.25, -0.2) is 8.42 Å². The molecule has 0 spiro atoms. The normalized spacial score (nSPS) is 13.4. The predicted octanol–water partition coefficient (Wildman–Crippen LogP) is 2.54. The van der Waals surface area contributed by atoms with Crippen LogP contribution < -0.4 is 5.32 Å². The van der Waals surface area contributed by atoms with Gasteiger partial charge in [0.15, 0.2) is 9.84 Å². The lowest BCUT2D eigenvalue weighted by atomic mass is 10.1. The van der Waals surface area contributed by atoms with Crippen LogP contribution in [0.5, 0.6) is 0 Å². The van der Waals surface area contributed by atoms with E-state index in [9.17, 15) is 8.42 Å². The van der Waals surface area contributed by atoms with Crippen molar-refractivity contribution in [2.75, 3.05) is 16.8 Å². The molecule has 0 saturated carbocycles. The summed E-state index contributed by atoms with van der Waals surface area (Å²) in [5, 5.41) is 3.23. The van der Waals surface area contributed by atoms with Crippen molar-refractivity contribution in [2.45, 2.75) is 33.7 Å². The molecular weight excluding hydrogens is 234 g/mol. The second-order valence-corrected chi connectivity index (χ2v) is 7.02. The minimum Gasteiger partial charge on any atom is -0.382 e. The quantitative estimate of drug-likeness (QED) is 0.879. The zero-order valence-electron chi connectivity index (χ0n) is 10.9. The van der Waals surface area contributed by atoms with Gasteiger partial charge in [0.2, 0.25) is 0 Å². The predicted molar refractivity (Wildman–Crippen MR) is 73.3 cm³/mol. The number of benzene rings is 1. The Morgan fingerprint density at radius 3 is 2.18 bits per heavy atom. The molecular formula is C13H21NO2S. The maximum Gasteiger partial charge on any atom is 0.152 e. The SMILES string of the molecule is CCS(=O)(=O)CC(C)Nc1cc(C)cc(C)c1. The molecule has 1 rings (SSSR count). The fraction of sp³-hybridized carbons (Fsp3) is 0.538. The first-order valence-corrected chi connectivity index (χ1v) is 7.70. The lowest BCUT2D eigenvalue weighted by Crippen LogP contribution is -2.26. The molecule has 1 aromatic rings. The van der Waals surface area contributed by atoms with E-state index in [1.165, 1.54) is 11.1 Å². The van der Waals surface area contributed by atoms with Crippen molar-refractivity contribution >= 4 is 15.5 Å². The Kier molecular flexibility index (Phi) is 4.57. The van der Waals surface area contributed by atoms with Crippen molar-refractivity contribution in [1.82, 2.24) is 0 Å². The Labute approximate surface area is 104 Å². The second kappa shape index (κ2) is 5.54. The molecule has 96 valence electrons. The van der Waals surface area contributed by atoms with Gasteiger partial charge >= 0.3 is 0 Å². The molecule has 0 amide bonds. The lowest BCUT2D eigenvalue weighted by molar-refractivity contribution is 0.593. The molecule has 4 heteroatoms. The van der Waals surface area contributed by atoms with Crippen LogP contribution in [0, 0.1) is 13.8 Å². The largest absolute Gasteiger partial charge is 0.382 e. The van der Waals surface area contributed by atoms with Gasteiger partial charge in [0, 0.05) is 17.5 Å². The van der Waals surface area contributed by atoms with Gasteiger partial charge in [-0.1, -0.05) is 13.0 Å². The van der Waals surface area contributed by atoms with Crippen LogP contribution in [-0.2, 0) is 9.84 Å². The van der Waals surface area contributed by atoms with Crippen LogP contribution in [-0.4, -0.2) is 26.0 Å². The van der Waals surface area contributed by atoms with Gasteiger partial charge in [-0.2, -0.15) is 0 Å². The van der Waals surface area contributed by atoms with E-state index in [4.69, 9.17) is 0 Å². The minimum absolute atomic E-state index is 0.0684. The van der Waals surface area contributed by atoms with E-state index in [2.05, 4.69) is 11.4 Å². The fourth-order valence-corrected chi connectivity index (χ4v) is 2.96. The molecule has 17 heavy (non-hydrogen) atoms. The van der Waals surface area contributed by atoms with E-state index in [0.717, 1.165) is 5.69 Å². The summed E-state index contributed by atoms with van der Waals surface area (Å²) < 4.78 is 23.0. The molecule has 1 unspecified atom stereocenters. The van der Waals surface area contributed by atoms with Gasteiger partial charge in [-0.05, 0) is 44.0 Å². The van der Waals surface area contributed by atoms with E-state index in [1.54, 1.807) is 6.92 Å². The summed E-state index contributed by atoms with van der Waals surface area (Å²) >= 11 is 0. The topological polar surface area (TPSA) is 46.2 Å². The van der Waals surface area contributed by atoms with Gasteiger partial charge in [0.25, 0.3) is 0 Å². The van der Waals surface area contributed by atoms with Gasteiger partial charge < -0.3 is 5.32 Å². The molecule has 0 aliphatic rings. The van der Waals surface area contributed by atoms with Crippen LogP contribution in [0.25, 0.3) is 0 Å². The molecule has 0 bridgehead atoms. The molecule has 3 nitrogen and oxygen atoms in total. The first-order chi connectivity index (χ1) is 7.82.